The number of para-hydroxylation sites is 1. The van der Waals surface area contributed by atoms with E-state index in [-0.39, 0.29) is 5.91 Å². The van der Waals surface area contributed by atoms with Gasteiger partial charge in [-0.15, -0.1) is 0 Å². The number of hydrogen-bond donors (Lipinski definition) is 1. The van der Waals surface area contributed by atoms with Gasteiger partial charge in [-0.25, -0.2) is 9.97 Å². The molecular weight excluding hydrogens is 330 g/mol. The van der Waals surface area contributed by atoms with E-state index in [9.17, 15) is 4.79 Å². The Morgan fingerprint density at radius 1 is 1.15 bits per heavy atom. The first-order valence-electron chi connectivity index (χ1n) is 9.17. The maximum atomic E-state index is 12.0. The molecule has 1 saturated heterocycles. The summed E-state index contributed by atoms with van der Waals surface area (Å²) in [6.45, 7) is 3.79. The summed E-state index contributed by atoms with van der Waals surface area (Å²) in [4.78, 5) is 25.3. The third kappa shape index (κ3) is 2.88. The summed E-state index contributed by atoms with van der Waals surface area (Å²) in [6, 6.07) is 8.35. The van der Waals surface area contributed by atoms with E-state index in [1.807, 2.05) is 24.3 Å². The highest BCUT2D eigenvalue weighted by molar-refractivity contribution is 6.05. The van der Waals surface area contributed by atoms with E-state index in [4.69, 9.17) is 4.42 Å². The molecule has 0 atom stereocenters. The highest BCUT2D eigenvalue weighted by Gasteiger charge is 2.26. The largest absolute Gasteiger partial charge is 0.450 e. The van der Waals surface area contributed by atoms with Crippen LogP contribution >= 0.6 is 0 Å². The van der Waals surface area contributed by atoms with Gasteiger partial charge in [-0.05, 0) is 25.0 Å². The van der Waals surface area contributed by atoms with E-state index in [1.54, 1.807) is 6.33 Å². The lowest BCUT2D eigenvalue weighted by Crippen LogP contribution is -2.50. The molecule has 0 spiro atoms. The molecule has 7 heteroatoms. The van der Waals surface area contributed by atoms with Crippen LogP contribution in [-0.4, -0.2) is 59.5 Å². The second-order valence-corrected chi connectivity index (χ2v) is 7.08. The summed E-state index contributed by atoms with van der Waals surface area (Å²) in [6.07, 6.45) is 3.86. The zero-order valence-corrected chi connectivity index (χ0v) is 14.5. The van der Waals surface area contributed by atoms with E-state index in [0.29, 0.717) is 12.6 Å². The number of carbonyl (C=O) groups is 1. The van der Waals surface area contributed by atoms with Crippen molar-refractivity contribution in [2.24, 2.45) is 0 Å². The Kier molecular flexibility index (Phi) is 3.74. The van der Waals surface area contributed by atoms with Gasteiger partial charge in [0, 0.05) is 37.6 Å². The molecule has 2 aromatic heterocycles. The van der Waals surface area contributed by atoms with Crippen molar-refractivity contribution >= 4 is 33.8 Å². The van der Waals surface area contributed by atoms with Crippen LogP contribution in [0.1, 0.15) is 12.8 Å². The molecule has 1 saturated carbocycles. The Hall–Kier alpha value is -2.67. The van der Waals surface area contributed by atoms with Crippen LogP contribution in [0.5, 0.6) is 0 Å². The van der Waals surface area contributed by atoms with Gasteiger partial charge in [-0.3, -0.25) is 9.69 Å². The van der Waals surface area contributed by atoms with Gasteiger partial charge in [-0.1, -0.05) is 12.1 Å². The molecule has 7 nitrogen and oxygen atoms in total. The Balaban J connectivity index is 1.32. The van der Waals surface area contributed by atoms with Crippen molar-refractivity contribution in [2.45, 2.75) is 18.9 Å². The number of nitrogens with zero attached hydrogens (tertiary/aromatic N) is 4. The van der Waals surface area contributed by atoms with Crippen molar-refractivity contribution in [3.8, 4) is 0 Å². The third-order valence-corrected chi connectivity index (χ3v) is 5.12. The fraction of sp³-hybridized carbons (Fsp3) is 0.421. The number of piperazine rings is 1. The number of carbonyl (C=O) groups excluding carboxylic acids is 1. The van der Waals surface area contributed by atoms with Crippen LogP contribution in [0.4, 0.5) is 5.82 Å². The number of anilines is 1. The van der Waals surface area contributed by atoms with Gasteiger partial charge in [0.2, 0.25) is 5.91 Å². The van der Waals surface area contributed by atoms with Crippen molar-refractivity contribution in [3.05, 3.63) is 30.6 Å². The van der Waals surface area contributed by atoms with Crippen molar-refractivity contribution in [1.82, 2.24) is 20.2 Å². The van der Waals surface area contributed by atoms with Crippen LogP contribution in [0.25, 0.3) is 22.1 Å². The molecule has 2 aliphatic rings. The highest BCUT2D eigenvalue weighted by Crippen LogP contribution is 2.32. The second kappa shape index (κ2) is 6.25. The summed E-state index contributed by atoms with van der Waals surface area (Å²) >= 11 is 0. The highest BCUT2D eigenvalue weighted by atomic mass is 16.3. The Labute approximate surface area is 151 Å². The SMILES string of the molecule is O=C(CN1CCN(c2ncnc3c2oc2ccccc23)CC1)NC1CC1. The van der Waals surface area contributed by atoms with Crippen molar-refractivity contribution in [3.63, 3.8) is 0 Å². The Bertz CT molecular complexity index is 957. The molecule has 3 aromatic rings. The van der Waals surface area contributed by atoms with Crippen LogP contribution < -0.4 is 10.2 Å². The van der Waals surface area contributed by atoms with Gasteiger partial charge in [0.15, 0.2) is 11.4 Å². The zero-order valence-electron chi connectivity index (χ0n) is 14.5. The zero-order chi connectivity index (χ0) is 17.5. The van der Waals surface area contributed by atoms with Crippen LogP contribution in [0.3, 0.4) is 0 Å². The normalized spacial score (nSPS) is 18.5. The van der Waals surface area contributed by atoms with E-state index >= 15 is 0 Å². The predicted octanol–water partition coefficient (Wildman–Crippen LogP) is 1.78. The molecule has 0 bridgehead atoms. The second-order valence-electron chi connectivity index (χ2n) is 7.08. The average Bonchev–Trinajstić information content (AvgIpc) is 3.39. The number of nitrogens with one attached hydrogen (secondary N) is 1. The van der Waals surface area contributed by atoms with Crippen molar-refractivity contribution in [1.29, 1.82) is 0 Å². The molecule has 1 amide bonds. The van der Waals surface area contributed by atoms with Crippen LogP contribution in [0.2, 0.25) is 0 Å². The molecule has 1 aliphatic heterocycles. The van der Waals surface area contributed by atoms with Crippen LogP contribution in [-0.2, 0) is 4.79 Å². The molecule has 5 rings (SSSR count). The van der Waals surface area contributed by atoms with Crippen LogP contribution in [0, 0.1) is 0 Å². The van der Waals surface area contributed by atoms with E-state index < -0.39 is 0 Å². The number of aromatic nitrogens is 2. The summed E-state index contributed by atoms with van der Waals surface area (Å²) in [5.74, 6) is 0.982. The minimum absolute atomic E-state index is 0.141. The van der Waals surface area contributed by atoms with Crippen molar-refractivity contribution in [2.75, 3.05) is 37.6 Å². The summed E-state index contributed by atoms with van der Waals surface area (Å²) in [5, 5.41) is 4.07. The first-order valence-corrected chi connectivity index (χ1v) is 9.17. The van der Waals surface area contributed by atoms with Gasteiger partial charge >= 0.3 is 0 Å². The van der Waals surface area contributed by atoms with Gasteiger partial charge in [0.25, 0.3) is 0 Å². The third-order valence-electron chi connectivity index (χ3n) is 5.12. The van der Waals surface area contributed by atoms with Gasteiger partial charge in [0.1, 0.15) is 17.4 Å². The molecule has 26 heavy (non-hydrogen) atoms. The number of amides is 1. The molecule has 1 N–H and O–H groups in total. The molecule has 0 unspecified atom stereocenters. The predicted molar refractivity (Wildman–Crippen MR) is 99.1 cm³/mol. The van der Waals surface area contributed by atoms with Gasteiger partial charge in [-0.2, -0.15) is 0 Å². The fourth-order valence-corrected chi connectivity index (χ4v) is 3.56. The fourth-order valence-electron chi connectivity index (χ4n) is 3.56. The molecule has 2 fully saturated rings. The molecule has 1 aliphatic carbocycles. The smallest absolute Gasteiger partial charge is 0.234 e. The van der Waals surface area contributed by atoms with E-state index in [1.165, 1.54) is 0 Å². The number of fused-ring (bicyclic) bond motifs is 3. The number of furan rings is 1. The topological polar surface area (TPSA) is 74.5 Å². The first-order chi connectivity index (χ1) is 12.8. The van der Waals surface area contributed by atoms with Gasteiger partial charge in [0.05, 0.1) is 6.54 Å². The molecule has 134 valence electrons. The Morgan fingerprint density at radius 2 is 1.96 bits per heavy atom. The van der Waals surface area contributed by atoms with Gasteiger partial charge < -0.3 is 14.6 Å². The number of rotatable bonds is 4. The summed E-state index contributed by atoms with van der Waals surface area (Å²) < 4.78 is 6.03. The monoisotopic (exact) mass is 351 g/mol. The lowest BCUT2D eigenvalue weighted by Gasteiger charge is -2.34. The molecule has 1 aromatic carbocycles. The van der Waals surface area contributed by atoms with E-state index in [0.717, 1.165) is 66.9 Å². The lowest BCUT2D eigenvalue weighted by atomic mass is 10.2. The standard InChI is InChI=1S/C19H21N5O2/c25-16(22-13-5-6-13)11-23-7-9-24(10-8-23)19-18-17(20-12-21-19)14-3-1-2-4-15(14)26-18/h1-4,12-13H,5-11H2,(H,22,25). The summed E-state index contributed by atoms with van der Waals surface area (Å²) in [5.41, 5.74) is 2.44. The summed E-state index contributed by atoms with van der Waals surface area (Å²) in [7, 11) is 0. The number of hydrogen-bond acceptors (Lipinski definition) is 6. The average molecular weight is 351 g/mol. The minimum atomic E-state index is 0.141. The molecule has 3 heterocycles. The lowest BCUT2D eigenvalue weighted by molar-refractivity contribution is -0.122. The quantitative estimate of drug-likeness (QED) is 0.772. The maximum Gasteiger partial charge on any atom is 0.234 e. The Morgan fingerprint density at radius 3 is 2.77 bits per heavy atom. The van der Waals surface area contributed by atoms with Crippen molar-refractivity contribution < 1.29 is 9.21 Å². The first kappa shape index (κ1) is 15.6. The molecular formula is C19H21N5O2. The van der Waals surface area contributed by atoms with E-state index in [2.05, 4.69) is 25.1 Å². The number of benzene rings is 1. The minimum Gasteiger partial charge on any atom is -0.450 e. The molecule has 0 radical (unpaired) electrons. The van der Waals surface area contributed by atoms with Crippen LogP contribution in [0.15, 0.2) is 35.0 Å². The maximum absolute atomic E-state index is 12.0.